The van der Waals surface area contributed by atoms with Crippen LogP contribution in [0.5, 0.6) is 5.75 Å². The van der Waals surface area contributed by atoms with E-state index >= 15 is 0 Å². The van der Waals surface area contributed by atoms with Crippen LogP contribution in [0, 0.1) is 17.7 Å². The molecule has 1 aliphatic carbocycles. The average Bonchev–Trinajstić information content (AvgIpc) is 2.40. The van der Waals surface area contributed by atoms with E-state index in [0.29, 0.717) is 5.92 Å². The van der Waals surface area contributed by atoms with Crippen molar-refractivity contribution in [3.8, 4) is 5.75 Å². The van der Waals surface area contributed by atoms with Crippen molar-refractivity contribution in [2.24, 2.45) is 17.7 Å². The smallest absolute Gasteiger partial charge is 0.165 e. The number of nitrogens with one attached hydrogen (secondary N) is 1. The summed E-state index contributed by atoms with van der Waals surface area (Å²) in [5.74, 6) is 6.84. The maximum Gasteiger partial charge on any atom is 0.165 e. The van der Waals surface area contributed by atoms with E-state index in [-0.39, 0.29) is 17.6 Å². The van der Waals surface area contributed by atoms with Crippen molar-refractivity contribution >= 4 is 0 Å². The Hall–Kier alpha value is -1.13. The summed E-state index contributed by atoms with van der Waals surface area (Å²) in [6.07, 6.45) is 4.79. The third kappa shape index (κ3) is 3.25. The third-order valence-electron chi connectivity index (χ3n) is 4.16. The van der Waals surface area contributed by atoms with Crippen LogP contribution in [-0.2, 0) is 0 Å². The lowest BCUT2D eigenvalue weighted by atomic mass is 9.77. The molecule has 0 bridgehead atoms. The largest absolute Gasteiger partial charge is 0.494 e. The molecule has 1 fully saturated rings. The standard InChI is InChI=1S/C15H23FN2O/c1-10-4-3-5-11(8-10)15(18-17)12-6-7-14(19-2)13(16)9-12/h6-7,9-11,15,18H,3-5,8,17H2,1-2H3. The molecule has 0 spiro atoms. The van der Waals surface area contributed by atoms with Gasteiger partial charge in [-0.3, -0.25) is 11.3 Å². The predicted octanol–water partition coefficient (Wildman–Crippen LogP) is 3.17. The molecule has 1 aromatic rings. The van der Waals surface area contributed by atoms with E-state index in [9.17, 15) is 4.39 Å². The third-order valence-corrected chi connectivity index (χ3v) is 4.16. The van der Waals surface area contributed by atoms with E-state index in [1.165, 1.54) is 26.0 Å². The molecule has 0 heterocycles. The van der Waals surface area contributed by atoms with E-state index < -0.39 is 0 Å². The molecular formula is C15H23FN2O. The molecule has 2 rings (SSSR count). The van der Waals surface area contributed by atoms with Crippen LogP contribution in [0.4, 0.5) is 4.39 Å². The number of hydrogen-bond donors (Lipinski definition) is 2. The van der Waals surface area contributed by atoms with Crippen molar-refractivity contribution in [3.05, 3.63) is 29.6 Å². The van der Waals surface area contributed by atoms with Crippen LogP contribution in [0.25, 0.3) is 0 Å². The zero-order chi connectivity index (χ0) is 13.8. The Morgan fingerprint density at radius 2 is 2.21 bits per heavy atom. The molecule has 1 aliphatic rings. The van der Waals surface area contributed by atoms with Crippen molar-refractivity contribution in [1.82, 2.24) is 5.43 Å². The Morgan fingerprint density at radius 3 is 2.79 bits per heavy atom. The molecule has 3 atom stereocenters. The Bertz CT molecular complexity index is 425. The Balaban J connectivity index is 2.19. The van der Waals surface area contributed by atoms with Crippen molar-refractivity contribution in [2.45, 2.75) is 38.6 Å². The number of nitrogens with two attached hydrogens (primary N) is 1. The van der Waals surface area contributed by atoms with Gasteiger partial charge < -0.3 is 4.74 Å². The van der Waals surface area contributed by atoms with Gasteiger partial charge in [-0.15, -0.1) is 0 Å². The average molecular weight is 266 g/mol. The molecule has 1 aromatic carbocycles. The molecule has 106 valence electrons. The minimum Gasteiger partial charge on any atom is -0.494 e. The number of ether oxygens (including phenoxy) is 1. The first-order chi connectivity index (χ1) is 9.15. The molecule has 0 radical (unpaired) electrons. The zero-order valence-corrected chi connectivity index (χ0v) is 11.7. The normalized spacial score (nSPS) is 25.1. The molecule has 3 N–H and O–H groups in total. The molecule has 1 saturated carbocycles. The summed E-state index contributed by atoms with van der Waals surface area (Å²) < 4.78 is 18.7. The number of hydrogen-bond acceptors (Lipinski definition) is 3. The van der Waals surface area contributed by atoms with Gasteiger partial charge in [-0.05, 0) is 42.4 Å². The highest BCUT2D eigenvalue weighted by Gasteiger charge is 2.27. The highest BCUT2D eigenvalue weighted by molar-refractivity contribution is 5.31. The predicted molar refractivity (Wildman–Crippen MR) is 74.1 cm³/mol. The second kappa shape index (κ2) is 6.35. The fourth-order valence-electron chi connectivity index (χ4n) is 3.16. The summed E-state index contributed by atoms with van der Waals surface area (Å²) in [6, 6.07) is 5.11. The van der Waals surface area contributed by atoms with Crippen molar-refractivity contribution in [2.75, 3.05) is 7.11 Å². The molecule has 0 amide bonds. The quantitative estimate of drug-likeness (QED) is 0.650. The second-order valence-corrected chi connectivity index (χ2v) is 5.57. The fourth-order valence-corrected chi connectivity index (χ4v) is 3.16. The summed E-state index contributed by atoms with van der Waals surface area (Å²) in [5, 5.41) is 0. The first kappa shape index (κ1) is 14.3. The lowest BCUT2D eigenvalue weighted by Crippen LogP contribution is -2.35. The number of halogens is 1. The number of benzene rings is 1. The molecule has 0 aliphatic heterocycles. The number of methoxy groups -OCH3 is 1. The van der Waals surface area contributed by atoms with Crippen LogP contribution < -0.4 is 16.0 Å². The first-order valence-corrected chi connectivity index (χ1v) is 6.95. The van der Waals surface area contributed by atoms with Gasteiger partial charge in [0.15, 0.2) is 11.6 Å². The van der Waals surface area contributed by atoms with Gasteiger partial charge in [0.1, 0.15) is 0 Å². The van der Waals surface area contributed by atoms with Gasteiger partial charge in [0, 0.05) is 6.04 Å². The summed E-state index contributed by atoms with van der Waals surface area (Å²) in [6.45, 7) is 2.27. The van der Waals surface area contributed by atoms with E-state index in [1.54, 1.807) is 6.07 Å². The van der Waals surface area contributed by atoms with Crippen molar-refractivity contribution in [1.29, 1.82) is 0 Å². The van der Waals surface area contributed by atoms with E-state index in [1.807, 2.05) is 6.07 Å². The van der Waals surface area contributed by atoms with Crippen LogP contribution in [-0.4, -0.2) is 7.11 Å². The van der Waals surface area contributed by atoms with Crippen molar-refractivity contribution in [3.63, 3.8) is 0 Å². The number of rotatable bonds is 4. The van der Waals surface area contributed by atoms with Crippen LogP contribution in [0.15, 0.2) is 18.2 Å². The summed E-state index contributed by atoms with van der Waals surface area (Å²) in [7, 11) is 1.47. The van der Waals surface area contributed by atoms with E-state index in [0.717, 1.165) is 24.3 Å². The van der Waals surface area contributed by atoms with Crippen LogP contribution >= 0.6 is 0 Å². The van der Waals surface area contributed by atoms with Gasteiger partial charge in [0.25, 0.3) is 0 Å². The first-order valence-electron chi connectivity index (χ1n) is 6.95. The monoisotopic (exact) mass is 266 g/mol. The van der Waals surface area contributed by atoms with Gasteiger partial charge in [-0.25, -0.2) is 4.39 Å². The SMILES string of the molecule is COc1ccc(C(NN)C2CCCC(C)C2)cc1F. The highest BCUT2D eigenvalue weighted by atomic mass is 19.1. The molecule has 0 aromatic heterocycles. The topological polar surface area (TPSA) is 47.3 Å². The van der Waals surface area contributed by atoms with Crippen LogP contribution in [0.2, 0.25) is 0 Å². The summed E-state index contributed by atoms with van der Waals surface area (Å²) >= 11 is 0. The Kier molecular flexibility index (Phi) is 4.77. The highest BCUT2D eigenvalue weighted by Crippen LogP contribution is 2.37. The van der Waals surface area contributed by atoms with E-state index in [4.69, 9.17) is 10.6 Å². The molecular weight excluding hydrogens is 243 g/mol. The van der Waals surface area contributed by atoms with Gasteiger partial charge in [-0.2, -0.15) is 0 Å². The molecule has 19 heavy (non-hydrogen) atoms. The fraction of sp³-hybridized carbons (Fsp3) is 0.600. The summed E-state index contributed by atoms with van der Waals surface area (Å²) in [5.41, 5.74) is 3.77. The van der Waals surface area contributed by atoms with Crippen LogP contribution in [0.1, 0.15) is 44.2 Å². The molecule has 3 nitrogen and oxygen atoms in total. The van der Waals surface area contributed by atoms with Gasteiger partial charge in [-0.1, -0.05) is 25.8 Å². The maximum absolute atomic E-state index is 13.8. The minimum absolute atomic E-state index is 0.0168. The van der Waals surface area contributed by atoms with Crippen LogP contribution in [0.3, 0.4) is 0 Å². The second-order valence-electron chi connectivity index (χ2n) is 5.57. The van der Waals surface area contributed by atoms with Gasteiger partial charge in [0.2, 0.25) is 0 Å². The molecule has 4 heteroatoms. The Labute approximate surface area is 114 Å². The summed E-state index contributed by atoms with van der Waals surface area (Å²) in [4.78, 5) is 0. The van der Waals surface area contributed by atoms with Crippen molar-refractivity contribution < 1.29 is 9.13 Å². The lowest BCUT2D eigenvalue weighted by molar-refractivity contribution is 0.224. The van der Waals surface area contributed by atoms with E-state index in [2.05, 4.69) is 12.3 Å². The Morgan fingerprint density at radius 1 is 1.42 bits per heavy atom. The van der Waals surface area contributed by atoms with Gasteiger partial charge in [0.05, 0.1) is 7.11 Å². The lowest BCUT2D eigenvalue weighted by Gasteiger charge is -2.33. The molecule has 0 saturated heterocycles. The minimum atomic E-state index is -0.330. The zero-order valence-electron chi connectivity index (χ0n) is 11.7. The van der Waals surface area contributed by atoms with Gasteiger partial charge >= 0.3 is 0 Å². The number of hydrazine groups is 1. The maximum atomic E-state index is 13.8. The molecule has 3 unspecified atom stereocenters.